The van der Waals surface area contributed by atoms with Gasteiger partial charge in [-0.3, -0.25) is 10.1 Å². The van der Waals surface area contributed by atoms with Gasteiger partial charge in [-0.1, -0.05) is 11.6 Å². The van der Waals surface area contributed by atoms with E-state index in [1.165, 1.54) is 10.9 Å². The molecule has 0 radical (unpaired) electrons. The second-order valence-corrected chi connectivity index (χ2v) is 4.05. The van der Waals surface area contributed by atoms with Gasteiger partial charge >= 0.3 is 5.69 Å². The quantitative estimate of drug-likeness (QED) is 0.618. The zero-order valence-corrected chi connectivity index (χ0v) is 10.0. The fraction of sp³-hybridized carbons (Fsp3) is 0.333. The number of nitrogens with zero attached hydrogens (tertiary/aromatic N) is 5. The molecule has 2 aromatic heterocycles. The average molecular weight is 256 g/mol. The fourth-order valence-corrected chi connectivity index (χ4v) is 1.80. The van der Waals surface area contributed by atoms with Crippen LogP contribution >= 0.6 is 11.6 Å². The molecule has 0 aliphatic heterocycles. The Labute approximate surface area is 102 Å². The molecule has 2 rings (SSSR count). The molecule has 0 unspecified atom stereocenters. The summed E-state index contributed by atoms with van der Waals surface area (Å²) < 4.78 is 3.09. The van der Waals surface area contributed by atoms with Gasteiger partial charge in [0.25, 0.3) is 0 Å². The number of hydrogen-bond donors (Lipinski definition) is 0. The summed E-state index contributed by atoms with van der Waals surface area (Å²) in [6.07, 6.45) is 3.13. The van der Waals surface area contributed by atoms with Crippen molar-refractivity contribution in [2.75, 3.05) is 0 Å². The zero-order chi connectivity index (χ0) is 12.6. The van der Waals surface area contributed by atoms with E-state index in [0.717, 1.165) is 0 Å². The minimum atomic E-state index is -0.426. The number of aryl methyl sites for hydroxylation is 1. The van der Waals surface area contributed by atoms with Gasteiger partial charge in [-0.25, -0.2) is 9.36 Å². The normalized spacial score (nSPS) is 10.8. The van der Waals surface area contributed by atoms with E-state index in [-0.39, 0.29) is 5.69 Å². The van der Waals surface area contributed by atoms with Crippen LogP contribution in [0.2, 0.25) is 5.02 Å². The van der Waals surface area contributed by atoms with E-state index in [0.29, 0.717) is 23.1 Å². The lowest BCUT2D eigenvalue weighted by molar-refractivity contribution is -0.386. The van der Waals surface area contributed by atoms with Crippen LogP contribution in [-0.2, 0) is 6.67 Å². The molecule has 0 aliphatic rings. The highest BCUT2D eigenvalue weighted by Crippen LogP contribution is 2.21. The molecule has 7 nitrogen and oxygen atoms in total. The van der Waals surface area contributed by atoms with Crippen LogP contribution in [0.15, 0.2) is 12.4 Å². The molecule has 0 fully saturated rings. The fourth-order valence-electron chi connectivity index (χ4n) is 1.64. The Balaban J connectivity index is 2.34. The smallest absolute Gasteiger partial charge is 0.258 e. The first kappa shape index (κ1) is 11.6. The van der Waals surface area contributed by atoms with Crippen molar-refractivity contribution in [3.8, 4) is 0 Å². The third-order valence-corrected chi connectivity index (χ3v) is 2.60. The Hall–Kier alpha value is -1.89. The van der Waals surface area contributed by atoms with E-state index in [2.05, 4.69) is 10.2 Å². The average Bonchev–Trinajstić information content (AvgIpc) is 2.73. The molecule has 0 aromatic carbocycles. The third-order valence-electron chi connectivity index (χ3n) is 2.41. The van der Waals surface area contributed by atoms with Crippen molar-refractivity contribution in [2.24, 2.45) is 0 Å². The van der Waals surface area contributed by atoms with Crippen LogP contribution < -0.4 is 0 Å². The van der Waals surface area contributed by atoms with Gasteiger partial charge in [0, 0.05) is 6.20 Å². The Kier molecular flexibility index (Phi) is 2.84. The lowest BCUT2D eigenvalue weighted by Crippen LogP contribution is -2.11. The van der Waals surface area contributed by atoms with Gasteiger partial charge in [-0.15, -0.1) is 0 Å². The molecular weight excluding hydrogens is 246 g/mol. The predicted molar refractivity (Wildman–Crippen MR) is 61.0 cm³/mol. The lowest BCUT2D eigenvalue weighted by atomic mass is 10.3. The van der Waals surface area contributed by atoms with Gasteiger partial charge in [-0.05, 0) is 13.8 Å². The van der Waals surface area contributed by atoms with Gasteiger partial charge in [0.05, 0.1) is 16.1 Å². The first-order chi connectivity index (χ1) is 7.99. The van der Waals surface area contributed by atoms with Gasteiger partial charge in [-0.2, -0.15) is 10.2 Å². The molecule has 2 heterocycles. The second kappa shape index (κ2) is 4.17. The summed E-state index contributed by atoms with van der Waals surface area (Å²) in [6.45, 7) is 3.56. The lowest BCUT2D eigenvalue weighted by Gasteiger charge is -2.02. The van der Waals surface area contributed by atoms with Gasteiger partial charge in [0.15, 0.2) is 0 Å². The van der Waals surface area contributed by atoms with Crippen molar-refractivity contribution in [3.63, 3.8) is 0 Å². The van der Waals surface area contributed by atoms with E-state index < -0.39 is 4.92 Å². The van der Waals surface area contributed by atoms with Crippen molar-refractivity contribution in [3.05, 3.63) is 38.9 Å². The van der Waals surface area contributed by atoms with Crippen LogP contribution in [0.3, 0.4) is 0 Å². The summed E-state index contributed by atoms with van der Waals surface area (Å²) in [5.74, 6) is 0. The number of rotatable bonds is 3. The SMILES string of the molecule is Cc1nn(Cn2cc(Cl)cn2)c(C)c1[N+](=O)[O-]. The molecule has 0 atom stereocenters. The Morgan fingerprint density at radius 2 is 2.24 bits per heavy atom. The molecule has 0 saturated heterocycles. The summed E-state index contributed by atoms with van der Waals surface area (Å²) in [6, 6.07) is 0. The molecule has 0 bridgehead atoms. The molecule has 8 heteroatoms. The molecule has 0 N–H and O–H groups in total. The summed E-state index contributed by atoms with van der Waals surface area (Å²) in [7, 11) is 0. The third kappa shape index (κ3) is 2.14. The van der Waals surface area contributed by atoms with Crippen LogP contribution in [-0.4, -0.2) is 24.5 Å². The highest BCUT2D eigenvalue weighted by Gasteiger charge is 2.21. The number of aromatic nitrogens is 4. The van der Waals surface area contributed by atoms with Gasteiger partial charge < -0.3 is 0 Å². The van der Waals surface area contributed by atoms with Gasteiger partial charge in [0.2, 0.25) is 0 Å². The maximum atomic E-state index is 10.8. The minimum absolute atomic E-state index is 0.0447. The highest BCUT2D eigenvalue weighted by atomic mass is 35.5. The monoisotopic (exact) mass is 255 g/mol. The Morgan fingerprint density at radius 1 is 1.53 bits per heavy atom. The van der Waals surface area contributed by atoms with Crippen LogP contribution in [0, 0.1) is 24.0 Å². The molecule has 90 valence electrons. The van der Waals surface area contributed by atoms with Gasteiger partial charge in [0.1, 0.15) is 18.1 Å². The molecule has 0 amide bonds. The maximum absolute atomic E-state index is 10.8. The van der Waals surface area contributed by atoms with Crippen molar-refractivity contribution < 1.29 is 4.92 Å². The molecule has 0 saturated carbocycles. The maximum Gasteiger partial charge on any atom is 0.312 e. The van der Waals surface area contributed by atoms with Crippen LogP contribution in [0.5, 0.6) is 0 Å². The van der Waals surface area contributed by atoms with E-state index >= 15 is 0 Å². The molecule has 0 aliphatic carbocycles. The second-order valence-electron chi connectivity index (χ2n) is 3.62. The Bertz CT molecular complexity index is 574. The number of halogens is 1. The first-order valence-electron chi connectivity index (χ1n) is 4.85. The van der Waals surface area contributed by atoms with Crippen molar-refractivity contribution in [1.29, 1.82) is 0 Å². The summed E-state index contributed by atoms with van der Waals surface area (Å²) in [5.41, 5.74) is 0.938. The van der Waals surface area contributed by atoms with E-state index in [1.54, 1.807) is 24.7 Å². The minimum Gasteiger partial charge on any atom is -0.258 e. The van der Waals surface area contributed by atoms with E-state index in [9.17, 15) is 10.1 Å². The van der Waals surface area contributed by atoms with Crippen LogP contribution in [0.25, 0.3) is 0 Å². The topological polar surface area (TPSA) is 78.8 Å². The molecule has 17 heavy (non-hydrogen) atoms. The molecule has 2 aromatic rings. The highest BCUT2D eigenvalue weighted by molar-refractivity contribution is 6.30. The number of nitro groups is 1. The first-order valence-corrected chi connectivity index (χ1v) is 5.23. The van der Waals surface area contributed by atoms with E-state index in [4.69, 9.17) is 11.6 Å². The summed E-state index contributed by atoms with van der Waals surface area (Å²) in [5, 5.41) is 19.4. The summed E-state index contributed by atoms with van der Waals surface area (Å²) >= 11 is 5.73. The largest absolute Gasteiger partial charge is 0.312 e. The summed E-state index contributed by atoms with van der Waals surface area (Å²) in [4.78, 5) is 10.4. The van der Waals surface area contributed by atoms with Crippen molar-refractivity contribution in [1.82, 2.24) is 19.6 Å². The van der Waals surface area contributed by atoms with Crippen molar-refractivity contribution in [2.45, 2.75) is 20.5 Å². The molecular formula is C9H10ClN5O2. The standard InChI is InChI=1S/C9H10ClN5O2/c1-6-9(15(16)17)7(2)14(12-6)5-13-4-8(10)3-11-13/h3-4H,5H2,1-2H3. The Morgan fingerprint density at radius 3 is 2.71 bits per heavy atom. The van der Waals surface area contributed by atoms with Crippen LogP contribution in [0.1, 0.15) is 11.4 Å². The van der Waals surface area contributed by atoms with Crippen LogP contribution in [0.4, 0.5) is 5.69 Å². The number of hydrogen-bond acceptors (Lipinski definition) is 4. The predicted octanol–water partition coefficient (Wildman–Crippen LogP) is 1.76. The van der Waals surface area contributed by atoms with E-state index in [1.807, 2.05) is 0 Å². The molecule has 0 spiro atoms. The zero-order valence-electron chi connectivity index (χ0n) is 9.29. The van der Waals surface area contributed by atoms with Crippen molar-refractivity contribution >= 4 is 17.3 Å².